The van der Waals surface area contributed by atoms with Crippen molar-refractivity contribution < 1.29 is 26.3 Å². The van der Waals surface area contributed by atoms with Gasteiger partial charge in [0.15, 0.2) is 0 Å². The zero-order valence-electron chi connectivity index (χ0n) is 9.69. The lowest BCUT2D eigenvalue weighted by atomic mass is 9.90. The van der Waals surface area contributed by atoms with Gasteiger partial charge < -0.3 is 5.73 Å². The maximum Gasteiger partial charge on any atom is 0.419 e. The molecule has 0 unspecified atom stereocenters. The zero-order valence-corrected chi connectivity index (χ0v) is 9.69. The van der Waals surface area contributed by atoms with Crippen molar-refractivity contribution in [3.63, 3.8) is 0 Å². The van der Waals surface area contributed by atoms with Crippen LogP contribution in [-0.4, -0.2) is 0 Å². The Hall–Kier alpha value is -2.93. The summed E-state index contributed by atoms with van der Waals surface area (Å²) in [4.78, 5) is 0. The van der Waals surface area contributed by atoms with Crippen LogP contribution in [0.1, 0.15) is 27.8 Å². The molecule has 10 heteroatoms. The predicted molar refractivity (Wildman–Crippen MR) is 55.0 cm³/mol. The maximum absolute atomic E-state index is 12.9. The Kier molecular flexibility index (Phi) is 3.74. The van der Waals surface area contributed by atoms with Crippen molar-refractivity contribution in [1.29, 1.82) is 15.8 Å². The van der Waals surface area contributed by atoms with Crippen molar-refractivity contribution in [2.24, 2.45) is 0 Å². The highest BCUT2D eigenvalue weighted by atomic mass is 19.4. The molecule has 1 aromatic rings. The largest absolute Gasteiger partial charge is 0.419 e. The fraction of sp³-hybridized carbons (Fsp3) is 0.182. The second-order valence-corrected chi connectivity index (χ2v) is 3.62. The van der Waals surface area contributed by atoms with E-state index in [4.69, 9.17) is 21.5 Å². The molecule has 1 rings (SSSR count). The molecule has 0 aliphatic heterocycles. The first-order chi connectivity index (χ1) is 9.50. The van der Waals surface area contributed by atoms with Crippen molar-refractivity contribution in [2.75, 3.05) is 5.73 Å². The van der Waals surface area contributed by atoms with Crippen LogP contribution >= 0.6 is 0 Å². The van der Waals surface area contributed by atoms with Crippen LogP contribution in [0.3, 0.4) is 0 Å². The van der Waals surface area contributed by atoms with Crippen LogP contribution in [0.2, 0.25) is 0 Å². The van der Waals surface area contributed by atoms with Gasteiger partial charge in [-0.05, 0) is 0 Å². The van der Waals surface area contributed by atoms with Crippen molar-refractivity contribution in [3.8, 4) is 18.2 Å². The van der Waals surface area contributed by atoms with Crippen LogP contribution in [0, 0.1) is 34.0 Å². The van der Waals surface area contributed by atoms with Crippen LogP contribution in [0.15, 0.2) is 0 Å². The molecule has 0 atom stereocenters. The fourth-order valence-corrected chi connectivity index (χ4v) is 1.68. The first-order valence-corrected chi connectivity index (χ1v) is 4.84. The van der Waals surface area contributed by atoms with Crippen molar-refractivity contribution in [1.82, 2.24) is 0 Å². The van der Waals surface area contributed by atoms with Gasteiger partial charge in [-0.3, -0.25) is 0 Å². The second kappa shape index (κ2) is 4.88. The van der Waals surface area contributed by atoms with E-state index in [1.807, 2.05) is 0 Å². The zero-order chi connectivity index (χ0) is 16.6. The van der Waals surface area contributed by atoms with E-state index in [1.165, 1.54) is 0 Å². The van der Waals surface area contributed by atoms with Crippen LogP contribution in [0.5, 0.6) is 0 Å². The van der Waals surface area contributed by atoms with Gasteiger partial charge in [0, 0.05) is 0 Å². The van der Waals surface area contributed by atoms with E-state index in [2.05, 4.69) is 0 Å². The molecule has 2 N–H and O–H groups in total. The highest BCUT2D eigenvalue weighted by Crippen LogP contribution is 2.45. The minimum atomic E-state index is -5.42. The minimum Gasteiger partial charge on any atom is -0.397 e. The molecule has 0 spiro atoms. The lowest BCUT2D eigenvalue weighted by molar-refractivity contribution is -0.143. The van der Waals surface area contributed by atoms with E-state index in [0.717, 1.165) is 18.2 Å². The molecule has 0 heterocycles. The molecule has 21 heavy (non-hydrogen) atoms. The third-order valence-corrected chi connectivity index (χ3v) is 2.44. The van der Waals surface area contributed by atoms with E-state index < -0.39 is 45.9 Å². The highest BCUT2D eigenvalue weighted by Gasteiger charge is 2.46. The molecule has 1 aromatic carbocycles. The second-order valence-electron chi connectivity index (χ2n) is 3.62. The number of nitrogens with two attached hydrogens (primary N) is 1. The average Bonchev–Trinajstić information content (AvgIpc) is 2.34. The maximum atomic E-state index is 12.9. The van der Waals surface area contributed by atoms with E-state index in [0.29, 0.717) is 0 Å². The van der Waals surface area contributed by atoms with Gasteiger partial charge in [-0.1, -0.05) is 0 Å². The number of anilines is 1. The van der Waals surface area contributed by atoms with Gasteiger partial charge in [0.25, 0.3) is 0 Å². The Bertz CT molecular complexity index is 671. The summed E-state index contributed by atoms with van der Waals surface area (Å²) in [7, 11) is 0. The standard InChI is InChI=1S/C11H2F6N4/c12-10(13,14)7-4(1-18)8(11(15,16)17)6(3-20)9(21)5(7)2-19/h21H2. The number of benzene rings is 1. The summed E-state index contributed by atoms with van der Waals surface area (Å²) in [6.45, 7) is 0. The molecule has 0 saturated heterocycles. The first kappa shape index (κ1) is 16.1. The third kappa shape index (κ3) is 2.54. The quantitative estimate of drug-likeness (QED) is 0.588. The number of alkyl halides is 6. The van der Waals surface area contributed by atoms with Crippen LogP contribution in [0.25, 0.3) is 0 Å². The van der Waals surface area contributed by atoms with E-state index >= 15 is 0 Å². The van der Waals surface area contributed by atoms with Crippen molar-refractivity contribution >= 4 is 5.69 Å². The van der Waals surface area contributed by atoms with Crippen molar-refractivity contribution in [3.05, 3.63) is 27.8 Å². The number of halogens is 6. The number of nitrogens with zero attached hydrogens (tertiary/aromatic N) is 3. The Labute approximate surface area is 113 Å². The molecule has 0 radical (unpaired) electrons. The van der Waals surface area contributed by atoms with Gasteiger partial charge in [-0.25, -0.2) is 0 Å². The minimum absolute atomic E-state index is 0.756. The fourth-order valence-electron chi connectivity index (χ4n) is 1.68. The molecule has 0 aliphatic rings. The van der Waals surface area contributed by atoms with Gasteiger partial charge in [0.2, 0.25) is 0 Å². The van der Waals surface area contributed by atoms with E-state index in [-0.39, 0.29) is 0 Å². The van der Waals surface area contributed by atoms with Crippen LogP contribution < -0.4 is 5.73 Å². The summed E-state index contributed by atoms with van der Waals surface area (Å²) in [5.74, 6) is 0. The number of hydrogen-bond donors (Lipinski definition) is 1. The summed E-state index contributed by atoms with van der Waals surface area (Å²) in [6, 6.07) is 2.72. The summed E-state index contributed by atoms with van der Waals surface area (Å²) in [5, 5.41) is 26.0. The van der Waals surface area contributed by atoms with Gasteiger partial charge in [0.05, 0.1) is 33.5 Å². The predicted octanol–water partition coefficient (Wildman–Crippen LogP) is 2.92. The number of nitrogen functional groups attached to an aromatic ring is 1. The van der Waals surface area contributed by atoms with Crippen LogP contribution in [-0.2, 0) is 12.4 Å². The van der Waals surface area contributed by atoms with E-state index in [1.54, 1.807) is 0 Å². The third-order valence-electron chi connectivity index (χ3n) is 2.44. The molecular formula is C11H2F6N4. The average molecular weight is 304 g/mol. The number of nitriles is 3. The number of hydrogen-bond acceptors (Lipinski definition) is 4. The lowest BCUT2D eigenvalue weighted by Gasteiger charge is -2.19. The highest BCUT2D eigenvalue weighted by molar-refractivity contribution is 5.74. The molecule has 0 aromatic heterocycles. The molecule has 0 saturated carbocycles. The molecule has 108 valence electrons. The first-order valence-electron chi connectivity index (χ1n) is 4.84. The molecule has 0 fully saturated rings. The summed E-state index contributed by atoms with van der Waals surface area (Å²) in [5.41, 5.74) is -5.02. The molecule has 0 aliphatic carbocycles. The topological polar surface area (TPSA) is 97.4 Å². The van der Waals surface area contributed by atoms with Crippen molar-refractivity contribution in [2.45, 2.75) is 12.4 Å². The lowest BCUT2D eigenvalue weighted by Crippen LogP contribution is -2.21. The Balaban J connectivity index is 4.22. The normalized spacial score (nSPS) is 11.4. The molecule has 0 bridgehead atoms. The molecule has 0 amide bonds. The molecular weight excluding hydrogens is 302 g/mol. The van der Waals surface area contributed by atoms with Crippen LogP contribution in [0.4, 0.5) is 32.0 Å². The molecule has 4 nitrogen and oxygen atoms in total. The Morgan fingerprint density at radius 2 is 0.952 bits per heavy atom. The Morgan fingerprint density at radius 3 is 1.14 bits per heavy atom. The van der Waals surface area contributed by atoms with Gasteiger partial charge in [-0.2, -0.15) is 42.1 Å². The van der Waals surface area contributed by atoms with E-state index in [9.17, 15) is 26.3 Å². The van der Waals surface area contributed by atoms with Gasteiger partial charge in [-0.15, -0.1) is 0 Å². The SMILES string of the molecule is N#Cc1c(N)c(C#N)c(C(F)(F)F)c(C#N)c1C(F)(F)F. The van der Waals surface area contributed by atoms with Gasteiger partial charge >= 0.3 is 12.4 Å². The number of rotatable bonds is 0. The smallest absolute Gasteiger partial charge is 0.397 e. The summed E-state index contributed by atoms with van der Waals surface area (Å²) in [6.07, 6.45) is -10.8. The monoisotopic (exact) mass is 304 g/mol. The Morgan fingerprint density at radius 1 is 0.667 bits per heavy atom. The summed E-state index contributed by atoms with van der Waals surface area (Å²) < 4.78 is 77.2. The summed E-state index contributed by atoms with van der Waals surface area (Å²) >= 11 is 0. The van der Waals surface area contributed by atoms with Gasteiger partial charge in [0.1, 0.15) is 18.2 Å².